The topological polar surface area (TPSA) is 53.5 Å². The molecule has 170 valence electrons. The van der Waals surface area contributed by atoms with Crippen molar-refractivity contribution in [3.8, 4) is 5.75 Å². The molecular formula is C24H29Cl2N5O. The third-order valence-electron chi connectivity index (χ3n) is 4.93. The minimum atomic E-state index is 0.269. The van der Waals surface area contributed by atoms with Crippen molar-refractivity contribution in [3.63, 3.8) is 0 Å². The molecule has 2 aromatic carbocycles. The monoisotopic (exact) mass is 473 g/mol. The van der Waals surface area contributed by atoms with Gasteiger partial charge in [0.15, 0.2) is 0 Å². The van der Waals surface area contributed by atoms with Crippen molar-refractivity contribution in [3.05, 3.63) is 64.4 Å². The number of anilines is 2. The van der Waals surface area contributed by atoms with Crippen LogP contribution in [0.2, 0.25) is 10.0 Å². The maximum Gasteiger partial charge on any atom is 0.225 e. The highest BCUT2D eigenvalue weighted by Gasteiger charge is 2.10. The van der Waals surface area contributed by atoms with E-state index in [1.165, 1.54) is 0 Å². The predicted molar refractivity (Wildman–Crippen MR) is 135 cm³/mol. The Morgan fingerprint density at radius 3 is 2.56 bits per heavy atom. The largest absolute Gasteiger partial charge is 0.486 e. The van der Waals surface area contributed by atoms with Gasteiger partial charge in [-0.25, -0.2) is 9.97 Å². The average molecular weight is 474 g/mol. The van der Waals surface area contributed by atoms with E-state index in [4.69, 9.17) is 37.9 Å². The highest BCUT2D eigenvalue weighted by atomic mass is 35.5. The molecular weight excluding hydrogens is 445 g/mol. The molecule has 0 unspecified atom stereocenters. The number of rotatable bonds is 10. The molecule has 32 heavy (non-hydrogen) atoms. The number of fused-ring (bicyclic) bond motifs is 1. The molecule has 0 aliphatic carbocycles. The van der Waals surface area contributed by atoms with E-state index in [9.17, 15) is 0 Å². The van der Waals surface area contributed by atoms with Crippen LogP contribution in [0.25, 0.3) is 10.9 Å². The van der Waals surface area contributed by atoms with E-state index < -0.39 is 0 Å². The molecule has 8 heteroatoms. The molecule has 1 heterocycles. The van der Waals surface area contributed by atoms with E-state index in [0.717, 1.165) is 47.7 Å². The van der Waals surface area contributed by atoms with Gasteiger partial charge in [-0.3, -0.25) is 0 Å². The van der Waals surface area contributed by atoms with Gasteiger partial charge in [0, 0.05) is 35.4 Å². The van der Waals surface area contributed by atoms with Crippen molar-refractivity contribution >= 4 is 45.7 Å². The number of aryl methyl sites for hydroxylation is 1. The molecule has 0 atom stereocenters. The summed E-state index contributed by atoms with van der Waals surface area (Å²) in [5.41, 5.74) is 3.44. The van der Waals surface area contributed by atoms with Gasteiger partial charge in [-0.2, -0.15) is 0 Å². The Morgan fingerprint density at radius 2 is 1.84 bits per heavy atom. The van der Waals surface area contributed by atoms with Crippen LogP contribution >= 0.6 is 23.2 Å². The maximum atomic E-state index is 6.15. The smallest absolute Gasteiger partial charge is 0.225 e. The number of aromatic nitrogens is 2. The Hall–Kier alpha value is -2.54. The Bertz CT molecular complexity index is 1100. The quantitative estimate of drug-likeness (QED) is 0.411. The van der Waals surface area contributed by atoms with Crippen LogP contribution in [0, 0.1) is 6.92 Å². The van der Waals surface area contributed by atoms with Crippen LogP contribution in [0.5, 0.6) is 5.75 Å². The number of ether oxygens (including phenoxy) is 1. The van der Waals surface area contributed by atoms with Crippen molar-refractivity contribution in [2.24, 2.45) is 0 Å². The predicted octanol–water partition coefficient (Wildman–Crippen LogP) is 5.64. The normalized spacial score (nSPS) is 11.1. The minimum absolute atomic E-state index is 0.269. The van der Waals surface area contributed by atoms with Crippen LogP contribution in [0.15, 0.2) is 48.7 Å². The lowest BCUT2D eigenvalue weighted by molar-refractivity contribution is 0.354. The van der Waals surface area contributed by atoms with Crippen molar-refractivity contribution in [2.45, 2.75) is 13.3 Å². The fourth-order valence-electron chi connectivity index (χ4n) is 3.24. The van der Waals surface area contributed by atoms with E-state index >= 15 is 0 Å². The number of halogens is 2. The molecule has 0 amide bonds. The zero-order valence-electron chi connectivity index (χ0n) is 19.0. The summed E-state index contributed by atoms with van der Waals surface area (Å²) in [5.74, 6) is 1.30. The summed E-state index contributed by atoms with van der Waals surface area (Å²) in [5, 5.41) is 5.30. The zero-order chi connectivity index (χ0) is 23.3. The van der Waals surface area contributed by atoms with E-state index in [1.807, 2.05) is 32.2 Å². The molecule has 0 spiro atoms. The third kappa shape index (κ3) is 6.48. The van der Waals surface area contributed by atoms with E-state index in [2.05, 4.69) is 35.8 Å². The summed E-state index contributed by atoms with van der Waals surface area (Å²) in [6, 6.07) is 11.1. The van der Waals surface area contributed by atoms with Gasteiger partial charge >= 0.3 is 0 Å². The van der Waals surface area contributed by atoms with E-state index in [0.29, 0.717) is 21.5 Å². The molecule has 0 bridgehead atoms. The summed E-state index contributed by atoms with van der Waals surface area (Å²) in [6.07, 6.45) is 1.05. The van der Waals surface area contributed by atoms with Crippen LogP contribution < -0.4 is 15.0 Å². The lowest BCUT2D eigenvalue weighted by atomic mass is 10.1. The number of hydrogen-bond donors (Lipinski definition) is 1. The van der Waals surface area contributed by atoms with Crippen molar-refractivity contribution in [2.75, 3.05) is 51.1 Å². The number of hydrogen-bond acceptors (Lipinski definition) is 6. The van der Waals surface area contributed by atoms with Gasteiger partial charge in [0.25, 0.3) is 0 Å². The average Bonchev–Trinajstić information content (AvgIpc) is 2.73. The van der Waals surface area contributed by atoms with Gasteiger partial charge in [-0.15, -0.1) is 0 Å². The van der Waals surface area contributed by atoms with Gasteiger partial charge in [0.2, 0.25) is 5.95 Å². The second kappa shape index (κ2) is 10.9. The molecule has 1 aromatic heterocycles. The van der Waals surface area contributed by atoms with Gasteiger partial charge in [0.05, 0.1) is 16.2 Å². The van der Waals surface area contributed by atoms with Crippen LogP contribution in [0.1, 0.15) is 12.1 Å². The Labute approximate surface area is 199 Å². The first-order chi connectivity index (χ1) is 15.2. The molecule has 0 aliphatic rings. The highest BCUT2D eigenvalue weighted by Crippen LogP contribution is 2.28. The van der Waals surface area contributed by atoms with Crippen LogP contribution in [-0.4, -0.2) is 55.7 Å². The first-order valence-electron chi connectivity index (χ1n) is 10.4. The molecule has 0 aliphatic heterocycles. The van der Waals surface area contributed by atoms with E-state index in [1.54, 1.807) is 18.2 Å². The number of benzene rings is 2. The summed E-state index contributed by atoms with van der Waals surface area (Å²) < 4.78 is 5.74. The standard InChI is InChI=1S/C24H29Cl2N5O/c1-16(15-32-23-10-7-18(25)13-21(23)26)27-19-8-9-22-20(14-19)17(2)28-24(29-22)31(5)12-6-11-30(3)4/h7-10,13-14,27H,1,6,11-12,15H2,2-5H3. The van der Waals surface area contributed by atoms with Crippen molar-refractivity contribution in [1.82, 2.24) is 14.9 Å². The molecule has 3 aromatic rings. The molecule has 0 saturated heterocycles. The summed E-state index contributed by atoms with van der Waals surface area (Å²) >= 11 is 12.1. The Morgan fingerprint density at radius 1 is 1.06 bits per heavy atom. The second-order valence-electron chi connectivity index (χ2n) is 8.01. The number of nitrogens with zero attached hydrogens (tertiary/aromatic N) is 4. The molecule has 0 fully saturated rings. The maximum absolute atomic E-state index is 6.15. The first kappa shape index (κ1) is 24.1. The molecule has 6 nitrogen and oxygen atoms in total. The van der Waals surface area contributed by atoms with Crippen LogP contribution in [0.4, 0.5) is 11.6 Å². The Balaban J connectivity index is 1.65. The van der Waals surface area contributed by atoms with Gasteiger partial charge in [-0.1, -0.05) is 29.8 Å². The molecule has 3 rings (SSSR count). The summed E-state index contributed by atoms with van der Waals surface area (Å²) in [7, 11) is 6.19. The SMILES string of the molecule is C=C(COc1ccc(Cl)cc1Cl)Nc1ccc2nc(N(C)CCCN(C)C)nc(C)c2c1. The first-order valence-corrected chi connectivity index (χ1v) is 11.2. The summed E-state index contributed by atoms with van der Waals surface area (Å²) in [6.45, 7) is 8.26. The van der Waals surface area contributed by atoms with Crippen LogP contribution in [0.3, 0.4) is 0 Å². The summed E-state index contributed by atoms with van der Waals surface area (Å²) in [4.78, 5) is 13.7. The molecule has 1 N–H and O–H groups in total. The Kier molecular flexibility index (Phi) is 8.18. The lowest BCUT2D eigenvalue weighted by Crippen LogP contribution is -2.25. The lowest BCUT2D eigenvalue weighted by Gasteiger charge is -2.19. The van der Waals surface area contributed by atoms with E-state index in [-0.39, 0.29) is 6.61 Å². The molecule has 0 saturated carbocycles. The van der Waals surface area contributed by atoms with Crippen molar-refractivity contribution in [1.29, 1.82) is 0 Å². The van der Waals surface area contributed by atoms with Gasteiger partial charge in [-0.05, 0) is 70.4 Å². The van der Waals surface area contributed by atoms with Crippen LogP contribution in [-0.2, 0) is 0 Å². The fraction of sp³-hybridized carbons (Fsp3) is 0.333. The van der Waals surface area contributed by atoms with Gasteiger partial charge in [0.1, 0.15) is 12.4 Å². The zero-order valence-corrected chi connectivity index (χ0v) is 20.5. The highest BCUT2D eigenvalue weighted by molar-refractivity contribution is 6.35. The van der Waals surface area contributed by atoms with Gasteiger partial charge < -0.3 is 19.9 Å². The third-order valence-corrected chi connectivity index (χ3v) is 5.46. The second-order valence-corrected chi connectivity index (χ2v) is 8.85. The molecule has 0 radical (unpaired) electrons. The van der Waals surface area contributed by atoms with Crippen molar-refractivity contribution < 1.29 is 4.74 Å². The minimum Gasteiger partial charge on any atom is -0.486 e. The fourth-order valence-corrected chi connectivity index (χ4v) is 3.70. The number of nitrogens with one attached hydrogen (secondary N) is 1.